The SMILES string of the molecule is O=C(NCc1cccnc1)C1=NOC2(CCCN(C(=O)CC3CCCC3)C2)C1. The lowest BCUT2D eigenvalue weighted by Gasteiger charge is -2.38. The van der Waals surface area contributed by atoms with Gasteiger partial charge in [0.25, 0.3) is 5.91 Å². The fourth-order valence-electron chi connectivity index (χ4n) is 4.55. The van der Waals surface area contributed by atoms with E-state index in [9.17, 15) is 9.59 Å². The highest BCUT2D eigenvalue weighted by atomic mass is 16.7. The number of piperidine rings is 1. The van der Waals surface area contributed by atoms with Crippen LogP contribution in [0.4, 0.5) is 0 Å². The summed E-state index contributed by atoms with van der Waals surface area (Å²) in [5.41, 5.74) is 0.810. The van der Waals surface area contributed by atoms with Gasteiger partial charge in [0.05, 0.1) is 6.54 Å². The lowest BCUT2D eigenvalue weighted by molar-refractivity contribution is -0.141. The third kappa shape index (κ3) is 4.34. The maximum Gasteiger partial charge on any atom is 0.269 e. The molecule has 3 heterocycles. The van der Waals surface area contributed by atoms with E-state index >= 15 is 0 Å². The van der Waals surface area contributed by atoms with Crippen LogP contribution < -0.4 is 5.32 Å². The van der Waals surface area contributed by atoms with Crippen LogP contribution in [0.1, 0.15) is 56.9 Å². The Balaban J connectivity index is 1.29. The van der Waals surface area contributed by atoms with E-state index in [4.69, 9.17) is 4.84 Å². The molecule has 1 saturated carbocycles. The Morgan fingerprint density at radius 3 is 2.93 bits per heavy atom. The van der Waals surface area contributed by atoms with E-state index in [0.29, 0.717) is 37.6 Å². The number of rotatable bonds is 5. The van der Waals surface area contributed by atoms with Gasteiger partial charge in [-0.25, -0.2) is 0 Å². The Kier molecular flexibility index (Phi) is 5.59. The molecule has 150 valence electrons. The number of likely N-dealkylation sites (tertiary alicyclic amines) is 1. The van der Waals surface area contributed by atoms with Crippen molar-refractivity contribution in [1.82, 2.24) is 15.2 Å². The number of hydrogen-bond donors (Lipinski definition) is 1. The third-order valence-corrected chi connectivity index (χ3v) is 6.11. The van der Waals surface area contributed by atoms with Crippen molar-refractivity contribution in [3.8, 4) is 0 Å². The van der Waals surface area contributed by atoms with Crippen LogP contribution in [-0.2, 0) is 21.0 Å². The number of oxime groups is 1. The third-order valence-electron chi connectivity index (χ3n) is 6.11. The van der Waals surface area contributed by atoms with Crippen LogP contribution in [0, 0.1) is 5.92 Å². The smallest absolute Gasteiger partial charge is 0.269 e. The van der Waals surface area contributed by atoms with Gasteiger partial charge in [-0.05, 0) is 43.2 Å². The zero-order valence-corrected chi connectivity index (χ0v) is 16.2. The summed E-state index contributed by atoms with van der Waals surface area (Å²) in [6.45, 7) is 1.71. The van der Waals surface area contributed by atoms with Crippen molar-refractivity contribution in [2.24, 2.45) is 11.1 Å². The highest BCUT2D eigenvalue weighted by Crippen LogP contribution is 2.35. The minimum Gasteiger partial charge on any atom is -0.386 e. The minimum absolute atomic E-state index is 0.213. The molecule has 1 spiro atoms. The lowest BCUT2D eigenvalue weighted by Crippen LogP contribution is -2.51. The van der Waals surface area contributed by atoms with Gasteiger partial charge in [0, 0.05) is 38.3 Å². The molecule has 28 heavy (non-hydrogen) atoms. The van der Waals surface area contributed by atoms with E-state index < -0.39 is 5.60 Å². The van der Waals surface area contributed by atoms with Gasteiger partial charge in [0.15, 0.2) is 5.60 Å². The molecular formula is C21H28N4O3. The zero-order chi connectivity index (χ0) is 19.4. The molecule has 1 aromatic rings. The van der Waals surface area contributed by atoms with Crippen molar-refractivity contribution in [1.29, 1.82) is 0 Å². The molecular weight excluding hydrogens is 356 g/mol. The maximum absolute atomic E-state index is 12.7. The van der Waals surface area contributed by atoms with Crippen molar-refractivity contribution in [3.63, 3.8) is 0 Å². The summed E-state index contributed by atoms with van der Waals surface area (Å²) in [5, 5.41) is 6.95. The van der Waals surface area contributed by atoms with E-state index in [0.717, 1.165) is 24.9 Å². The van der Waals surface area contributed by atoms with Crippen molar-refractivity contribution < 1.29 is 14.4 Å². The van der Waals surface area contributed by atoms with E-state index in [1.54, 1.807) is 12.4 Å². The van der Waals surface area contributed by atoms with Gasteiger partial charge in [-0.15, -0.1) is 0 Å². The first-order valence-electron chi connectivity index (χ1n) is 10.3. The topological polar surface area (TPSA) is 83.9 Å². The van der Waals surface area contributed by atoms with Gasteiger partial charge < -0.3 is 15.1 Å². The summed E-state index contributed by atoms with van der Waals surface area (Å²) in [6.07, 6.45) is 11.1. The summed E-state index contributed by atoms with van der Waals surface area (Å²) < 4.78 is 0. The first kappa shape index (κ1) is 18.9. The first-order valence-corrected chi connectivity index (χ1v) is 10.3. The summed E-state index contributed by atoms with van der Waals surface area (Å²) >= 11 is 0. The van der Waals surface area contributed by atoms with Crippen molar-refractivity contribution >= 4 is 17.5 Å². The fraction of sp³-hybridized carbons (Fsp3) is 0.619. The second kappa shape index (κ2) is 8.29. The molecule has 2 aliphatic heterocycles. The predicted octanol–water partition coefficient (Wildman–Crippen LogP) is 2.42. The molecule has 1 aromatic heterocycles. The van der Waals surface area contributed by atoms with Crippen LogP contribution in [0.5, 0.6) is 0 Å². The quantitative estimate of drug-likeness (QED) is 0.845. The second-order valence-electron chi connectivity index (χ2n) is 8.31. The molecule has 7 heteroatoms. The lowest BCUT2D eigenvalue weighted by atomic mass is 9.87. The van der Waals surface area contributed by atoms with Crippen LogP contribution >= 0.6 is 0 Å². The highest BCUT2D eigenvalue weighted by molar-refractivity contribution is 6.39. The minimum atomic E-state index is -0.537. The van der Waals surface area contributed by atoms with Crippen molar-refractivity contribution in [3.05, 3.63) is 30.1 Å². The fourth-order valence-corrected chi connectivity index (χ4v) is 4.55. The monoisotopic (exact) mass is 384 g/mol. The Labute approximate surface area is 165 Å². The molecule has 7 nitrogen and oxygen atoms in total. The number of aromatic nitrogens is 1. The van der Waals surface area contributed by atoms with Crippen LogP contribution in [-0.4, -0.2) is 46.1 Å². The summed E-state index contributed by atoms with van der Waals surface area (Å²) in [7, 11) is 0. The van der Waals surface area contributed by atoms with Crippen LogP contribution in [0.2, 0.25) is 0 Å². The predicted molar refractivity (Wildman–Crippen MR) is 104 cm³/mol. The van der Waals surface area contributed by atoms with E-state index in [-0.39, 0.29) is 11.8 Å². The highest BCUT2D eigenvalue weighted by Gasteiger charge is 2.45. The Morgan fingerprint density at radius 1 is 1.29 bits per heavy atom. The molecule has 1 N–H and O–H groups in total. The summed E-state index contributed by atoms with van der Waals surface area (Å²) in [6, 6.07) is 3.75. The number of carbonyl (C=O) groups is 2. The number of amides is 2. The van der Waals surface area contributed by atoms with Crippen molar-refractivity contribution in [2.75, 3.05) is 13.1 Å². The van der Waals surface area contributed by atoms with E-state index in [1.807, 2.05) is 17.0 Å². The Bertz CT molecular complexity index is 745. The average Bonchev–Trinajstić information content (AvgIpc) is 3.37. The van der Waals surface area contributed by atoms with Crippen LogP contribution in [0.3, 0.4) is 0 Å². The molecule has 1 aliphatic carbocycles. The molecule has 3 aliphatic rings. The largest absolute Gasteiger partial charge is 0.386 e. The zero-order valence-electron chi connectivity index (χ0n) is 16.2. The number of pyridine rings is 1. The van der Waals surface area contributed by atoms with Gasteiger partial charge in [-0.3, -0.25) is 14.6 Å². The molecule has 2 amide bonds. The number of hydrogen-bond acceptors (Lipinski definition) is 5. The van der Waals surface area contributed by atoms with Gasteiger partial charge in [0.1, 0.15) is 5.71 Å². The number of nitrogens with zero attached hydrogens (tertiary/aromatic N) is 3. The summed E-state index contributed by atoms with van der Waals surface area (Å²) in [5.74, 6) is 0.555. The van der Waals surface area contributed by atoms with Gasteiger partial charge in [-0.2, -0.15) is 0 Å². The molecule has 1 unspecified atom stereocenters. The summed E-state index contributed by atoms with van der Waals surface area (Å²) in [4.78, 5) is 36.9. The van der Waals surface area contributed by atoms with Gasteiger partial charge in [-0.1, -0.05) is 24.1 Å². The molecule has 0 radical (unpaired) electrons. The van der Waals surface area contributed by atoms with E-state index in [2.05, 4.69) is 15.5 Å². The average molecular weight is 384 g/mol. The molecule has 1 saturated heterocycles. The molecule has 1 atom stereocenters. The van der Waals surface area contributed by atoms with Crippen LogP contribution in [0.25, 0.3) is 0 Å². The molecule has 0 aromatic carbocycles. The van der Waals surface area contributed by atoms with Crippen molar-refractivity contribution in [2.45, 2.75) is 63.5 Å². The van der Waals surface area contributed by atoms with Crippen LogP contribution in [0.15, 0.2) is 29.7 Å². The van der Waals surface area contributed by atoms with E-state index in [1.165, 1.54) is 25.7 Å². The maximum atomic E-state index is 12.7. The first-order chi connectivity index (χ1) is 13.6. The molecule has 4 rings (SSSR count). The van der Waals surface area contributed by atoms with Gasteiger partial charge in [0.2, 0.25) is 5.91 Å². The Hall–Kier alpha value is -2.44. The molecule has 0 bridgehead atoms. The molecule has 2 fully saturated rings. The number of nitrogens with one attached hydrogen (secondary N) is 1. The number of carbonyl (C=O) groups excluding carboxylic acids is 2. The standard InChI is InChI=1S/C21H28N4O3/c26-19(11-16-5-1-2-6-16)25-10-4-8-21(15-25)12-18(24-28-21)20(27)23-14-17-7-3-9-22-13-17/h3,7,9,13,16H,1-2,4-6,8,10-12,14-15H2,(H,23,27). The Morgan fingerprint density at radius 2 is 2.14 bits per heavy atom. The second-order valence-corrected chi connectivity index (χ2v) is 8.31. The van der Waals surface area contributed by atoms with Gasteiger partial charge >= 0.3 is 0 Å². The normalized spacial score (nSPS) is 24.9.